The van der Waals surface area contributed by atoms with Crippen LogP contribution in [0.15, 0.2) is 23.3 Å². The average Bonchev–Trinajstić information content (AvgIpc) is 2.78. The molecule has 7 heteroatoms. The van der Waals surface area contributed by atoms with Crippen LogP contribution in [-0.4, -0.2) is 21.8 Å². The quantitative estimate of drug-likeness (QED) is 0.851. The first-order valence-corrected chi connectivity index (χ1v) is 7.48. The number of benzene rings is 1. The Hall–Kier alpha value is -0.360. The first-order chi connectivity index (χ1) is 8.16. The van der Waals surface area contributed by atoms with Gasteiger partial charge in [0.1, 0.15) is 4.38 Å². The van der Waals surface area contributed by atoms with Gasteiger partial charge in [0.05, 0.1) is 10.6 Å². The van der Waals surface area contributed by atoms with E-state index in [9.17, 15) is 4.79 Å². The number of nitrogens with zero attached hydrogens (tertiary/aromatic N) is 1. The van der Waals surface area contributed by atoms with Gasteiger partial charge in [-0.15, -0.1) is 0 Å². The van der Waals surface area contributed by atoms with Gasteiger partial charge in [-0.3, -0.25) is 4.79 Å². The summed E-state index contributed by atoms with van der Waals surface area (Å²) in [5.41, 5.74) is 2.85. The second kappa shape index (κ2) is 6.00. The monoisotopic (exact) mass is 306 g/mol. The second-order valence-electron chi connectivity index (χ2n) is 3.14. The van der Waals surface area contributed by atoms with Crippen molar-refractivity contribution in [2.75, 3.05) is 11.5 Å². The standard InChI is InChI=1S/C10H8Cl2N2OS2/c11-6-1-2-7(8(12)5-6)9(15)13-14-10-16-3-4-17-10/h1-2,5H,3-4H2,(H,13,15). The van der Waals surface area contributed by atoms with Gasteiger partial charge in [-0.25, -0.2) is 5.43 Å². The van der Waals surface area contributed by atoms with E-state index in [1.54, 1.807) is 35.7 Å². The molecular weight excluding hydrogens is 299 g/mol. The molecule has 0 unspecified atom stereocenters. The molecule has 0 atom stereocenters. The van der Waals surface area contributed by atoms with E-state index in [2.05, 4.69) is 10.5 Å². The third-order valence-corrected chi connectivity index (χ3v) is 4.97. The Morgan fingerprint density at radius 3 is 2.65 bits per heavy atom. The van der Waals surface area contributed by atoms with Gasteiger partial charge in [0.15, 0.2) is 0 Å². The number of hydrazone groups is 1. The Morgan fingerprint density at radius 1 is 1.29 bits per heavy atom. The molecule has 2 rings (SSSR count). The lowest BCUT2D eigenvalue weighted by molar-refractivity contribution is 0.0955. The molecule has 17 heavy (non-hydrogen) atoms. The molecule has 3 nitrogen and oxygen atoms in total. The van der Waals surface area contributed by atoms with Crippen LogP contribution in [0, 0.1) is 0 Å². The van der Waals surface area contributed by atoms with Crippen molar-refractivity contribution in [1.82, 2.24) is 5.43 Å². The summed E-state index contributed by atoms with van der Waals surface area (Å²) in [6.45, 7) is 0. The van der Waals surface area contributed by atoms with E-state index >= 15 is 0 Å². The third kappa shape index (κ3) is 3.55. The lowest BCUT2D eigenvalue weighted by Crippen LogP contribution is -2.18. The van der Waals surface area contributed by atoms with Gasteiger partial charge in [0.2, 0.25) is 0 Å². The van der Waals surface area contributed by atoms with Crippen LogP contribution < -0.4 is 5.43 Å². The first kappa shape index (κ1) is 13.1. The number of hydrogen-bond donors (Lipinski definition) is 1. The fourth-order valence-corrected chi connectivity index (χ4v) is 3.76. The van der Waals surface area contributed by atoms with Crippen molar-refractivity contribution < 1.29 is 4.79 Å². The van der Waals surface area contributed by atoms with Gasteiger partial charge in [-0.1, -0.05) is 46.7 Å². The van der Waals surface area contributed by atoms with E-state index in [0.717, 1.165) is 15.9 Å². The van der Waals surface area contributed by atoms with Gasteiger partial charge in [0.25, 0.3) is 5.91 Å². The lowest BCUT2D eigenvalue weighted by Gasteiger charge is -2.03. The zero-order valence-corrected chi connectivity index (χ0v) is 11.7. The number of thioether (sulfide) groups is 2. The SMILES string of the molecule is O=C(NN=C1SCCS1)c1ccc(Cl)cc1Cl. The fraction of sp³-hybridized carbons (Fsp3) is 0.200. The molecular formula is C10H8Cl2N2OS2. The summed E-state index contributed by atoms with van der Waals surface area (Å²) in [6, 6.07) is 4.73. The van der Waals surface area contributed by atoms with Crippen LogP contribution in [0.25, 0.3) is 0 Å². The molecule has 1 N–H and O–H groups in total. The van der Waals surface area contributed by atoms with Gasteiger partial charge in [-0.05, 0) is 18.2 Å². The van der Waals surface area contributed by atoms with E-state index in [4.69, 9.17) is 23.2 Å². The molecule has 1 aromatic rings. The molecule has 0 aromatic heterocycles. The second-order valence-corrected chi connectivity index (χ2v) is 6.41. The van der Waals surface area contributed by atoms with Crippen LogP contribution in [0.2, 0.25) is 10.0 Å². The van der Waals surface area contributed by atoms with Crippen molar-refractivity contribution in [3.05, 3.63) is 33.8 Å². The van der Waals surface area contributed by atoms with E-state index in [1.807, 2.05) is 0 Å². The summed E-state index contributed by atoms with van der Waals surface area (Å²) in [5.74, 6) is 1.73. The predicted octanol–water partition coefficient (Wildman–Crippen LogP) is 3.47. The maximum absolute atomic E-state index is 11.8. The minimum atomic E-state index is -0.327. The van der Waals surface area contributed by atoms with Crippen molar-refractivity contribution in [2.45, 2.75) is 0 Å². The average molecular weight is 307 g/mol. The third-order valence-electron chi connectivity index (χ3n) is 1.96. The maximum Gasteiger partial charge on any atom is 0.272 e. The molecule has 1 aliphatic rings. The van der Waals surface area contributed by atoms with Crippen molar-refractivity contribution in [3.63, 3.8) is 0 Å². The predicted molar refractivity (Wildman–Crippen MR) is 76.3 cm³/mol. The minimum Gasteiger partial charge on any atom is -0.267 e. The van der Waals surface area contributed by atoms with Crippen molar-refractivity contribution in [3.8, 4) is 0 Å². The molecule has 0 spiro atoms. The van der Waals surface area contributed by atoms with Crippen LogP contribution >= 0.6 is 46.7 Å². The summed E-state index contributed by atoms with van der Waals surface area (Å²) in [5, 5.41) is 4.84. The molecule has 0 radical (unpaired) electrons. The Kier molecular flexibility index (Phi) is 4.62. The summed E-state index contributed by atoms with van der Waals surface area (Å²) >= 11 is 14.9. The topological polar surface area (TPSA) is 41.5 Å². The largest absolute Gasteiger partial charge is 0.272 e. The van der Waals surface area contributed by atoms with Crippen LogP contribution in [0.3, 0.4) is 0 Å². The highest BCUT2D eigenvalue weighted by Crippen LogP contribution is 2.25. The molecule has 1 saturated heterocycles. The molecule has 0 aliphatic carbocycles. The van der Waals surface area contributed by atoms with E-state index in [-0.39, 0.29) is 5.91 Å². The molecule has 0 bridgehead atoms. The van der Waals surface area contributed by atoms with Crippen molar-refractivity contribution >= 4 is 57.0 Å². The summed E-state index contributed by atoms with van der Waals surface area (Å²) in [6.07, 6.45) is 0. The molecule has 1 amide bonds. The number of rotatable bonds is 2. The Morgan fingerprint density at radius 2 is 2.00 bits per heavy atom. The van der Waals surface area contributed by atoms with Gasteiger partial charge in [-0.2, -0.15) is 5.10 Å². The van der Waals surface area contributed by atoms with Crippen molar-refractivity contribution in [2.24, 2.45) is 5.10 Å². The number of carbonyl (C=O) groups is 1. The van der Waals surface area contributed by atoms with Gasteiger partial charge >= 0.3 is 0 Å². The number of hydrogen-bond acceptors (Lipinski definition) is 4. The number of amides is 1. The van der Waals surface area contributed by atoms with Crippen LogP contribution in [0.5, 0.6) is 0 Å². The number of carbonyl (C=O) groups excluding carboxylic acids is 1. The van der Waals surface area contributed by atoms with Gasteiger partial charge in [0, 0.05) is 16.5 Å². The highest BCUT2D eigenvalue weighted by molar-refractivity contribution is 8.41. The summed E-state index contributed by atoms with van der Waals surface area (Å²) in [7, 11) is 0. The summed E-state index contributed by atoms with van der Waals surface area (Å²) < 4.78 is 0.878. The number of nitrogens with one attached hydrogen (secondary N) is 1. The fourth-order valence-electron chi connectivity index (χ4n) is 1.19. The number of halogens is 2. The highest BCUT2D eigenvalue weighted by atomic mass is 35.5. The minimum absolute atomic E-state index is 0.321. The van der Waals surface area contributed by atoms with Crippen LogP contribution in [0.1, 0.15) is 10.4 Å². The van der Waals surface area contributed by atoms with Gasteiger partial charge < -0.3 is 0 Å². The maximum atomic E-state index is 11.8. The molecule has 90 valence electrons. The lowest BCUT2D eigenvalue weighted by atomic mass is 10.2. The molecule has 1 aliphatic heterocycles. The zero-order chi connectivity index (χ0) is 12.3. The smallest absolute Gasteiger partial charge is 0.267 e. The molecule has 1 aromatic carbocycles. The highest BCUT2D eigenvalue weighted by Gasteiger charge is 2.13. The van der Waals surface area contributed by atoms with Crippen molar-refractivity contribution in [1.29, 1.82) is 0 Å². The van der Waals surface area contributed by atoms with E-state index < -0.39 is 0 Å². The van der Waals surface area contributed by atoms with Crippen LogP contribution in [0.4, 0.5) is 0 Å². The Bertz CT molecular complexity index is 471. The Balaban J connectivity index is 2.06. The van der Waals surface area contributed by atoms with Crippen LogP contribution in [-0.2, 0) is 0 Å². The zero-order valence-electron chi connectivity index (χ0n) is 8.57. The molecule has 0 saturated carbocycles. The first-order valence-electron chi connectivity index (χ1n) is 4.75. The molecule has 1 heterocycles. The summed E-state index contributed by atoms with van der Waals surface area (Å²) in [4.78, 5) is 11.8. The Labute approximate surface area is 117 Å². The van der Waals surface area contributed by atoms with E-state index in [0.29, 0.717) is 15.6 Å². The molecule has 1 fully saturated rings. The normalized spacial score (nSPS) is 14.8. The van der Waals surface area contributed by atoms with E-state index in [1.165, 1.54) is 6.07 Å².